The van der Waals surface area contributed by atoms with Crippen LogP contribution in [0.5, 0.6) is 0 Å². The van der Waals surface area contributed by atoms with Gasteiger partial charge in [-0.1, -0.05) is 354 Å². The number of hydrogen-bond acceptors (Lipinski definition) is 5. The smallest absolute Gasteiger partial charge is 0.305 e. The average Bonchev–Trinajstić information content (AvgIpc) is 3.39. The van der Waals surface area contributed by atoms with Gasteiger partial charge in [-0.05, 0) is 25.7 Å². The lowest BCUT2D eigenvalue weighted by molar-refractivity contribution is -0.143. The molecule has 0 aliphatic rings. The molecule has 0 aliphatic heterocycles. The molecule has 0 rings (SSSR count). The van der Waals surface area contributed by atoms with Gasteiger partial charge in [-0.15, -0.1) is 0 Å². The van der Waals surface area contributed by atoms with E-state index in [-0.39, 0.29) is 18.5 Å². The Labute approximate surface area is 457 Å². The average molecular weight is 1030 g/mol. The van der Waals surface area contributed by atoms with Gasteiger partial charge in [0.1, 0.15) is 0 Å². The van der Waals surface area contributed by atoms with Gasteiger partial charge in [-0.3, -0.25) is 9.59 Å². The Kier molecular flexibility index (Phi) is 62.4. The highest BCUT2D eigenvalue weighted by molar-refractivity contribution is 5.76. The van der Waals surface area contributed by atoms with Gasteiger partial charge in [-0.25, -0.2) is 0 Å². The molecule has 0 aromatic carbocycles. The number of carbonyl (C=O) groups excluding carboxylic acids is 2. The van der Waals surface area contributed by atoms with Crippen molar-refractivity contribution in [1.82, 2.24) is 5.32 Å². The maximum Gasteiger partial charge on any atom is 0.305 e. The summed E-state index contributed by atoms with van der Waals surface area (Å²) in [7, 11) is 0. The number of ether oxygens (including phenoxy) is 1. The molecule has 6 heteroatoms. The molecule has 3 N–H and O–H groups in total. The molecule has 436 valence electrons. The van der Waals surface area contributed by atoms with Crippen LogP contribution in [0.25, 0.3) is 0 Å². The van der Waals surface area contributed by atoms with Crippen LogP contribution in [0.4, 0.5) is 0 Å². The summed E-state index contributed by atoms with van der Waals surface area (Å²) in [5.74, 6) is -0.0194. The number of amides is 1. The van der Waals surface area contributed by atoms with E-state index in [0.717, 1.165) is 38.5 Å². The van der Waals surface area contributed by atoms with Crippen LogP contribution >= 0.6 is 0 Å². The minimum atomic E-state index is -0.666. The molecule has 1 amide bonds. The molecule has 0 saturated carbocycles. The molecule has 2 atom stereocenters. The lowest BCUT2D eigenvalue weighted by Crippen LogP contribution is -2.45. The second-order valence-corrected chi connectivity index (χ2v) is 23.5. The Morgan fingerprint density at radius 3 is 0.836 bits per heavy atom. The number of nitrogens with one attached hydrogen (secondary N) is 1. The molecule has 0 aromatic rings. The van der Waals surface area contributed by atoms with Crippen LogP contribution < -0.4 is 5.32 Å². The summed E-state index contributed by atoms with van der Waals surface area (Å²) in [6, 6.07) is -0.544. The Morgan fingerprint density at radius 1 is 0.329 bits per heavy atom. The summed E-state index contributed by atoms with van der Waals surface area (Å²) in [6.45, 7) is 4.99. The van der Waals surface area contributed by atoms with Crippen molar-refractivity contribution in [3.8, 4) is 0 Å². The van der Waals surface area contributed by atoms with Crippen LogP contribution in [0, 0.1) is 0 Å². The van der Waals surface area contributed by atoms with Crippen LogP contribution in [-0.4, -0.2) is 47.4 Å². The van der Waals surface area contributed by atoms with E-state index in [2.05, 4.69) is 19.2 Å². The molecular formula is C67H133NO5. The monoisotopic (exact) mass is 1030 g/mol. The van der Waals surface area contributed by atoms with Crippen LogP contribution in [0.1, 0.15) is 393 Å². The molecule has 73 heavy (non-hydrogen) atoms. The number of unbranched alkanes of at least 4 members (excludes halogenated alkanes) is 53. The van der Waals surface area contributed by atoms with Gasteiger partial charge >= 0.3 is 5.97 Å². The van der Waals surface area contributed by atoms with Crippen molar-refractivity contribution in [2.75, 3.05) is 13.2 Å². The van der Waals surface area contributed by atoms with E-state index in [0.29, 0.717) is 25.9 Å². The summed E-state index contributed by atoms with van der Waals surface area (Å²) in [6.07, 6.45) is 75.6. The van der Waals surface area contributed by atoms with Crippen molar-refractivity contribution in [3.63, 3.8) is 0 Å². The minimum absolute atomic E-state index is 0.0129. The zero-order valence-corrected chi connectivity index (χ0v) is 49.9. The largest absolute Gasteiger partial charge is 0.466 e. The molecule has 0 aromatic heterocycles. The van der Waals surface area contributed by atoms with Crippen LogP contribution in [0.3, 0.4) is 0 Å². The molecule has 0 spiro atoms. The highest BCUT2D eigenvalue weighted by atomic mass is 16.5. The van der Waals surface area contributed by atoms with Crippen LogP contribution in [0.15, 0.2) is 0 Å². The van der Waals surface area contributed by atoms with Crippen molar-refractivity contribution >= 4 is 11.9 Å². The number of esters is 1. The lowest BCUT2D eigenvalue weighted by Gasteiger charge is -2.22. The number of aliphatic hydroxyl groups is 2. The van der Waals surface area contributed by atoms with E-state index in [9.17, 15) is 19.8 Å². The van der Waals surface area contributed by atoms with E-state index in [4.69, 9.17) is 4.74 Å². The number of rotatable bonds is 64. The van der Waals surface area contributed by atoms with E-state index in [1.165, 1.54) is 321 Å². The fraction of sp³-hybridized carbons (Fsp3) is 0.970. The Hall–Kier alpha value is -1.14. The van der Waals surface area contributed by atoms with Crippen molar-refractivity contribution in [2.24, 2.45) is 0 Å². The van der Waals surface area contributed by atoms with E-state index < -0.39 is 12.1 Å². The van der Waals surface area contributed by atoms with Crippen molar-refractivity contribution < 1.29 is 24.5 Å². The van der Waals surface area contributed by atoms with Crippen molar-refractivity contribution in [2.45, 2.75) is 405 Å². The molecule has 0 bridgehead atoms. The summed E-state index contributed by atoms with van der Waals surface area (Å²) in [5, 5.41) is 23.4. The molecule has 0 aliphatic carbocycles. The quantitative estimate of drug-likeness (QED) is 0.0417. The standard InChI is InChI=1S/C67H133NO5/c1-3-5-7-9-11-13-15-17-19-20-21-22-23-24-26-29-32-35-39-43-47-51-55-59-65(70)64(63-69)68-66(71)60-56-52-48-44-40-36-33-30-27-25-28-31-34-38-42-46-50-54-58-62-73-67(72)61-57-53-49-45-41-37-18-16-14-12-10-8-6-4-2/h64-65,69-70H,3-63H2,1-2H3,(H,68,71). The van der Waals surface area contributed by atoms with Crippen LogP contribution in [0.2, 0.25) is 0 Å². The van der Waals surface area contributed by atoms with Gasteiger partial charge in [0.15, 0.2) is 0 Å². The van der Waals surface area contributed by atoms with Gasteiger partial charge in [0, 0.05) is 12.8 Å². The third-order valence-corrected chi connectivity index (χ3v) is 16.2. The van der Waals surface area contributed by atoms with E-state index in [1.807, 2.05) is 0 Å². The topological polar surface area (TPSA) is 95.9 Å². The third-order valence-electron chi connectivity index (χ3n) is 16.2. The first-order chi connectivity index (χ1) is 36.0. The highest BCUT2D eigenvalue weighted by Crippen LogP contribution is 2.19. The fourth-order valence-electron chi connectivity index (χ4n) is 11.0. The highest BCUT2D eigenvalue weighted by Gasteiger charge is 2.20. The summed E-state index contributed by atoms with van der Waals surface area (Å²) < 4.78 is 5.49. The summed E-state index contributed by atoms with van der Waals surface area (Å²) >= 11 is 0. The maximum atomic E-state index is 12.5. The molecule has 6 nitrogen and oxygen atoms in total. The van der Waals surface area contributed by atoms with Gasteiger partial charge in [0.25, 0.3) is 0 Å². The summed E-state index contributed by atoms with van der Waals surface area (Å²) in [4.78, 5) is 24.6. The molecule has 2 unspecified atom stereocenters. The van der Waals surface area contributed by atoms with Gasteiger partial charge < -0.3 is 20.3 Å². The lowest BCUT2D eigenvalue weighted by atomic mass is 10.0. The Morgan fingerprint density at radius 2 is 0.562 bits per heavy atom. The number of carbonyl (C=O) groups is 2. The fourth-order valence-corrected chi connectivity index (χ4v) is 11.0. The molecule has 0 saturated heterocycles. The first-order valence-electron chi connectivity index (χ1n) is 33.8. The molecule has 0 fully saturated rings. The molecular weight excluding hydrogens is 899 g/mol. The molecule has 0 radical (unpaired) electrons. The first-order valence-corrected chi connectivity index (χ1v) is 33.8. The van der Waals surface area contributed by atoms with Crippen molar-refractivity contribution in [1.29, 1.82) is 0 Å². The normalized spacial score (nSPS) is 12.4. The van der Waals surface area contributed by atoms with Crippen molar-refractivity contribution in [3.05, 3.63) is 0 Å². The number of aliphatic hydroxyl groups excluding tert-OH is 2. The summed E-state index contributed by atoms with van der Waals surface area (Å²) in [5.41, 5.74) is 0. The predicted octanol–water partition coefficient (Wildman–Crippen LogP) is 21.4. The van der Waals surface area contributed by atoms with Gasteiger partial charge in [-0.2, -0.15) is 0 Å². The second kappa shape index (κ2) is 63.4. The minimum Gasteiger partial charge on any atom is -0.466 e. The zero-order valence-electron chi connectivity index (χ0n) is 49.9. The van der Waals surface area contributed by atoms with E-state index >= 15 is 0 Å². The van der Waals surface area contributed by atoms with E-state index in [1.54, 1.807) is 0 Å². The third kappa shape index (κ3) is 60.0. The second-order valence-electron chi connectivity index (χ2n) is 23.5. The SMILES string of the molecule is CCCCCCCCCCCCCCCCCCCCCCCCCC(O)C(CO)NC(=O)CCCCCCCCCCCCCCCCCCCCCOC(=O)CCCCCCCCCCCCCCCC. The predicted molar refractivity (Wildman–Crippen MR) is 320 cm³/mol. The van der Waals surface area contributed by atoms with Gasteiger partial charge in [0.05, 0.1) is 25.4 Å². The Balaban J connectivity index is 3.38. The van der Waals surface area contributed by atoms with Gasteiger partial charge in [0.2, 0.25) is 5.91 Å². The zero-order chi connectivity index (χ0) is 52.9. The first kappa shape index (κ1) is 71.9. The Bertz CT molecular complexity index is 1050. The maximum absolute atomic E-state index is 12.5. The van der Waals surface area contributed by atoms with Crippen LogP contribution in [-0.2, 0) is 14.3 Å². The number of hydrogen-bond donors (Lipinski definition) is 3. The molecule has 0 heterocycles.